The summed E-state index contributed by atoms with van der Waals surface area (Å²) in [5, 5.41) is 25.9. The molecule has 1 unspecified atom stereocenters. The summed E-state index contributed by atoms with van der Waals surface area (Å²) in [5.74, 6) is 0.277. The lowest BCUT2D eigenvalue weighted by atomic mass is 10.2. The van der Waals surface area contributed by atoms with Crippen LogP contribution in [0.15, 0.2) is 12.3 Å². The molecule has 1 rings (SSSR count). The Bertz CT molecular complexity index is 409. The fourth-order valence-electron chi connectivity index (χ4n) is 1.49. The molecule has 100 valence electrons. The second kappa shape index (κ2) is 6.87. The third kappa shape index (κ3) is 4.27. The van der Waals surface area contributed by atoms with Gasteiger partial charge in [0.05, 0.1) is 11.0 Å². The molecule has 0 saturated carbocycles. The lowest BCUT2D eigenvalue weighted by Gasteiger charge is -2.09. The van der Waals surface area contributed by atoms with Gasteiger partial charge in [0.25, 0.3) is 0 Å². The van der Waals surface area contributed by atoms with E-state index in [0.717, 1.165) is 0 Å². The third-order valence-electron chi connectivity index (χ3n) is 2.34. The maximum absolute atomic E-state index is 10.9. The number of aliphatic hydroxyl groups is 1. The van der Waals surface area contributed by atoms with E-state index >= 15 is 0 Å². The molecule has 7 nitrogen and oxygen atoms in total. The zero-order valence-electron chi connectivity index (χ0n) is 10.5. The van der Waals surface area contributed by atoms with Crippen LogP contribution in [0.25, 0.3) is 0 Å². The van der Waals surface area contributed by atoms with E-state index in [9.17, 15) is 10.1 Å². The number of aliphatic hydroxyl groups excluding tert-OH is 1. The van der Waals surface area contributed by atoms with Crippen LogP contribution >= 0.6 is 0 Å². The molecule has 0 amide bonds. The van der Waals surface area contributed by atoms with Gasteiger partial charge in [-0.2, -0.15) is 0 Å². The third-order valence-corrected chi connectivity index (χ3v) is 2.34. The molecule has 18 heavy (non-hydrogen) atoms. The Morgan fingerprint density at radius 1 is 1.56 bits per heavy atom. The van der Waals surface area contributed by atoms with Crippen LogP contribution in [0.1, 0.15) is 12.5 Å². The standard InChI is InChI=1S/C11H18N4O3/c1-8-3-4-13-11(10(8)15(17)18)14-6-5-12-7-9(2)16/h3-4,9,12,16H,5-7H2,1-2H3,(H,13,14). The number of rotatable bonds is 7. The minimum absolute atomic E-state index is 0.00743. The molecule has 0 aromatic carbocycles. The molecule has 0 saturated heterocycles. The fourth-order valence-corrected chi connectivity index (χ4v) is 1.49. The smallest absolute Gasteiger partial charge is 0.314 e. The maximum Gasteiger partial charge on any atom is 0.314 e. The number of nitrogens with zero attached hydrogens (tertiary/aromatic N) is 2. The molecule has 0 spiro atoms. The highest BCUT2D eigenvalue weighted by atomic mass is 16.6. The van der Waals surface area contributed by atoms with E-state index in [0.29, 0.717) is 25.2 Å². The van der Waals surface area contributed by atoms with Crippen molar-refractivity contribution < 1.29 is 10.0 Å². The van der Waals surface area contributed by atoms with Gasteiger partial charge in [0, 0.05) is 31.4 Å². The van der Waals surface area contributed by atoms with Crippen molar-refractivity contribution in [3.63, 3.8) is 0 Å². The van der Waals surface area contributed by atoms with E-state index in [2.05, 4.69) is 15.6 Å². The summed E-state index contributed by atoms with van der Waals surface area (Å²) >= 11 is 0. The molecular weight excluding hydrogens is 236 g/mol. The summed E-state index contributed by atoms with van der Waals surface area (Å²) < 4.78 is 0. The Hall–Kier alpha value is -1.73. The Morgan fingerprint density at radius 3 is 2.89 bits per heavy atom. The van der Waals surface area contributed by atoms with Crippen molar-refractivity contribution in [3.05, 3.63) is 27.9 Å². The predicted octanol–water partition coefficient (Wildman–Crippen LogP) is 0.681. The van der Waals surface area contributed by atoms with Crippen LogP contribution in [0.3, 0.4) is 0 Å². The second-order valence-electron chi connectivity index (χ2n) is 4.06. The van der Waals surface area contributed by atoms with Gasteiger partial charge in [0.15, 0.2) is 0 Å². The zero-order valence-corrected chi connectivity index (χ0v) is 10.5. The Kier molecular flexibility index (Phi) is 5.47. The SMILES string of the molecule is Cc1ccnc(NCCNCC(C)O)c1[N+](=O)[O-]. The van der Waals surface area contributed by atoms with E-state index in [4.69, 9.17) is 5.11 Å². The number of hydrogen-bond donors (Lipinski definition) is 3. The lowest BCUT2D eigenvalue weighted by Crippen LogP contribution is -2.29. The average molecular weight is 254 g/mol. The Balaban J connectivity index is 2.52. The van der Waals surface area contributed by atoms with Crippen molar-refractivity contribution in [2.45, 2.75) is 20.0 Å². The van der Waals surface area contributed by atoms with Crippen molar-refractivity contribution in [1.29, 1.82) is 0 Å². The number of aryl methyl sites for hydroxylation is 1. The van der Waals surface area contributed by atoms with Crippen molar-refractivity contribution in [1.82, 2.24) is 10.3 Å². The number of nitrogens with one attached hydrogen (secondary N) is 2. The number of nitro groups is 1. The summed E-state index contributed by atoms with van der Waals surface area (Å²) in [5.41, 5.74) is 0.586. The van der Waals surface area contributed by atoms with Crippen LogP contribution in [0, 0.1) is 17.0 Å². The van der Waals surface area contributed by atoms with Gasteiger partial charge in [-0.25, -0.2) is 4.98 Å². The quantitative estimate of drug-likeness (QED) is 0.376. The molecule has 1 heterocycles. The molecule has 0 aliphatic heterocycles. The van der Waals surface area contributed by atoms with Crippen LogP contribution in [0.2, 0.25) is 0 Å². The van der Waals surface area contributed by atoms with Gasteiger partial charge in [0.1, 0.15) is 0 Å². The molecule has 7 heteroatoms. The summed E-state index contributed by atoms with van der Waals surface area (Å²) in [4.78, 5) is 14.4. The summed E-state index contributed by atoms with van der Waals surface area (Å²) in [6.07, 6.45) is 1.13. The highest BCUT2D eigenvalue weighted by Gasteiger charge is 2.17. The first-order valence-electron chi connectivity index (χ1n) is 5.75. The van der Waals surface area contributed by atoms with E-state index in [1.165, 1.54) is 6.20 Å². The highest BCUT2D eigenvalue weighted by Crippen LogP contribution is 2.24. The van der Waals surface area contributed by atoms with E-state index in [1.54, 1.807) is 19.9 Å². The topological polar surface area (TPSA) is 100 Å². The minimum Gasteiger partial charge on any atom is -0.392 e. The predicted molar refractivity (Wildman–Crippen MR) is 68.7 cm³/mol. The fraction of sp³-hybridized carbons (Fsp3) is 0.545. The van der Waals surface area contributed by atoms with Crippen molar-refractivity contribution in [2.24, 2.45) is 0 Å². The molecule has 0 aliphatic carbocycles. The first-order chi connectivity index (χ1) is 8.52. The Labute approximate surface area is 105 Å². The van der Waals surface area contributed by atoms with Crippen molar-refractivity contribution in [2.75, 3.05) is 25.0 Å². The van der Waals surface area contributed by atoms with Gasteiger partial charge in [-0.1, -0.05) is 0 Å². The Morgan fingerprint density at radius 2 is 2.28 bits per heavy atom. The average Bonchev–Trinajstić information content (AvgIpc) is 2.27. The molecule has 1 atom stereocenters. The summed E-state index contributed by atoms with van der Waals surface area (Å²) in [6.45, 7) is 4.96. The van der Waals surface area contributed by atoms with E-state index in [-0.39, 0.29) is 11.5 Å². The molecule has 0 fully saturated rings. The summed E-state index contributed by atoms with van der Waals surface area (Å²) in [6, 6.07) is 1.61. The zero-order chi connectivity index (χ0) is 13.5. The minimum atomic E-state index is -0.437. The molecule has 0 radical (unpaired) electrons. The molecule has 0 aliphatic rings. The van der Waals surface area contributed by atoms with Crippen LogP contribution in [-0.4, -0.2) is 40.8 Å². The van der Waals surface area contributed by atoms with Crippen LogP contribution in [-0.2, 0) is 0 Å². The van der Waals surface area contributed by atoms with Crippen LogP contribution in [0.4, 0.5) is 11.5 Å². The maximum atomic E-state index is 10.9. The monoisotopic (exact) mass is 254 g/mol. The van der Waals surface area contributed by atoms with Gasteiger partial charge in [-0.3, -0.25) is 10.1 Å². The number of hydrogen-bond acceptors (Lipinski definition) is 6. The van der Waals surface area contributed by atoms with Crippen LogP contribution < -0.4 is 10.6 Å². The highest BCUT2D eigenvalue weighted by molar-refractivity contribution is 5.59. The van der Waals surface area contributed by atoms with Gasteiger partial charge < -0.3 is 15.7 Å². The van der Waals surface area contributed by atoms with E-state index in [1.807, 2.05) is 0 Å². The molecule has 1 aromatic heterocycles. The molecule has 1 aromatic rings. The van der Waals surface area contributed by atoms with Crippen molar-refractivity contribution in [3.8, 4) is 0 Å². The van der Waals surface area contributed by atoms with Gasteiger partial charge in [-0.15, -0.1) is 0 Å². The molecular formula is C11H18N4O3. The summed E-state index contributed by atoms with van der Waals surface area (Å²) in [7, 11) is 0. The van der Waals surface area contributed by atoms with Gasteiger partial charge in [0.2, 0.25) is 5.82 Å². The number of pyridine rings is 1. The van der Waals surface area contributed by atoms with Gasteiger partial charge in [-0.05, 0) is 19.9 Å². The lowest BCUT2D eigenvalue weighted by molar-refractivity contribution is -0.384. The number of anilines is 1. The van der Waals surface area contributed by atoms with Crippen molar-refractivity contribution >= 4 is 11.5 Å². The number of aromatic nitrogens is 1. The van der Waals surface area contributed by atoms with E-state index < -0.39 is 11.0 Å². The first kappa shape index (κ1) is 14.3. The first-order valence-corrected chi connectivity index (χ1v) is 5.75. The largest absolute Gasteiger partial charge is 0.392 e. The van der Waals surface area contributed by atoms with Gasteiger partial charge >= 0.3 is 5.69 Å². The molecule has 3 N–H and O–H groups in total. The molecule has 0 bridgehead atoms. The second-order valence-corrected chi connectivity index (χ2v) is 4.06. The van der Waals surface area contributed by atoms with Crippen LogP contribution in [0.5, 0.6) is 0 Å². The normalized spacial score (nSPS) is 12.2.